The highest BCUT2D eigenvalue weighted by atomic mass is 127. The molecule has 118 valence electrons. The molecular weight excluding hydrogens is 385 g/mol. The van der Waals surface area contributed by atoms with E-state index in [4.69, 9.17) is 19.9 Å². The fraction of sp³-hybridized carbons (Fsp3) is 0.500. The Bertz CT molecular complexity index is 477. The van der Waals surface area contributed by atoms with Gasteiger partial charge in [0.2, 0.25) is 0 Å². The van der Waals surface area contributed by atoms with Gasteiger partial charge in [-0.2, -0.15) is 0 Å². The Morgan fingerprint density at radius 3 is 2.52 bits per heavy atom. The first-order valence-electron chi connectivity index (χ1n) is 6.58. The van der Waals surface area contributed by atoms with Crippen LogP contribution in [0.15, 0.2) is 23.2 Å². The second-order valence-corrected chi connectivity index (χ2v) is 4.46. The van der Waals surface area contributed by atoms with Crippen molar-refractivity contribution in [2.75, 3.05) is 40.5 Å². The van der Waals surface area contributed by atoms with Crippen LogP contribution in [0.3, 0.4) is 0 Å². The molecule has 21 heavy (non-hydrogen) atoms. The molecule has 0 aliphatic carbocycles. The molecule has 1 fully saturated rings. The number of nitrogens with zero attached hydrogens (tertiary/aromatic N) is 2. The number of nitrogens with two attached hydrogens (primary N) is 1. The van der Waals surface area contributed by atoms with E-state index in [0.717, 1.165) is 18.7 Å². The number of rotatable bonds is 4. The van der Waals surface area contributed by atoms with Crippen LogP contribution in [0.25, 0.3) is 0 Å². The number of ether oxygens (including phenoxy) is 3. The lowest BCUT2D eigenvalue weighted by atomic mass is 10.2. The minimum atomic E-state index is 0. The molecule has 6 nitrogen and oxygen atoms in total. The molecule has 0 aromatic heterocycles. The number of halogens is 1. The van der Waals surface area contributed by atoms with E-state index in [-0.39, 0.29) is 24.0 Å². The molecule has 7 heteroatoms. The minimum Gasteiger partial charge on any atom is -0.493 e. The molecule has 0 radical (unpaired) electrons. The number of morpholine rings is 1. The molecule has 0 saturated carbocycles. The molecule has 1 aromatic rings. The highest BCUT2D eigenvalue weighted by molar-refractivity contribution is 14.0. The summed E-state index contributed by atoms with van der Waals surface area (Å²) in [6.07, 6.45) is 0. The van der Waals surface area contributed by atoms with Crippen molar-refractivity contribution < 1.29 is 14.2 Å². The van der Waals surface area contributed by atoms with Crippen LogP contribution in [0.5, 0.6) is 11.5 Å². The zero-order valence-electron chi connectivity index (χ0n) is 12.4. The smallest absolute Gasteiger partial charge is 0.191 e. The molecule has 0 atom stereocenters. The van der Waals surface area contributed by atoms with Gasteiger partial charge in [0, 0.05) is 13.1 Å². The topological polar surface area (TPSA) is 69.3 Å². The zero-order valence-corrected chi connectivity index (χ0v) is 14.7. The largest absolute Gasteiger partial charge is 0.493 e. The minimum absolute atomic E-state index is 0. The summed E-state index contributed by atoms with van der Waals surface area (Å²) < 4.78 is 15.8. The zero-order chi connectivity index (χ0) is 14.4. The van der Waals surface area contributed by atoms with Crippen LogP contribution in [0.2, 0.25) is 0 Å². The van der Waals surface area contributed by atoms with Gasteiger partial charge in [-0.1, -0.05) is 6.07 Å². The summed E-state index contributed by atoms with van der Waals surface area (Å²) in [7, 11) is 3.24. The number of hydrogen-bond donors (Lipinski definition) is 1. The molecule has 1 aromatic carbocycles. The van der Waals surface area contributed by atoms with Gasteiger partial charge in [-0.25, -0.2) is 4.99 Å². The van der Waals surface area contributed by atoms with Crippen molar-refractivity contribution in [3.63, 3.8) is 0 Å². The van der Waals surface area contributed by atoms with E-state index in [1.807, 2.05) is 23.1 Å². The number of aliphatic imine (C=N–C) groups is 1. The van der Waals surface area contributed by atoms with Crippen molar-refractivity contribution in [2.45, 2.75) is 6.54 Å². The summed E-state index contributed by atoms with van der Waals surface area (Å²) in [5.74, 6) is 1.97. The highest BCUT2D eigenvalue weighted by Crippen LogP contribution is 2.27. The van der Waals surface area contributed by atoms with Crippen LogP contribution < -0.4 is 15.2 Å². The van der Waals surface area contributed by atoms with Crippen LogP contribution in [-0.2, 0) is 11.3 Å². The molecule has 1 aliphatic heterocycles. The van der Waals surface area contributed by atoms with Crippen molar-refractivity contribution >= 4 is 29.9 Å². The summed E-state index contributed by atoms with van der Waals surface area (Å²) in [5.41, 5.74) is 7.01. The average Bonchev–Trinajstić information content (AvgIpc) is 2.53. The lowest BCUT2D eigenvalue weighted by Crippen LogP contribution is -2.44. The van der Waals surface area contributed by atoms with Gasteiger partial charge >= 0.3 is 0 Å². The molecule has 0 amide bonds. The third-order valence-electron chi connectivity index (χ3n) is 3.21. The van der Waals surface area contributed by atoms with Crippen LogP contribution in [0.1, 0.15) is 5.56 Å². The lowest BCUT2D eigenvalue weighted by molar-refractivity contribution is 0.0674. The Kier molecular flexibility index (Phi) is 7.58. The summed E-state index contributed by atoms with van der Waals surface area (Å²) in [6.45, 7) is 3.51. The number of guanidine groups is 1. The van der Waals surface area contributed by atoms with E-state index in [9.17, 15) is 0 Å². The normalized spacial score (nSPS) is 15.3. The Balaban J connectivity index is 0.00000220. The Morgan fingerprint density at radius 1 is 1.24 bits per heavy atom. The summed E-state index contributed by atoms with van der Waals surface area (Å²) in [6, 6.07) is 5.74. The van der Waals surface area contributed by atoms with Gasteiger partial charge < -0.3 is 24.8 Å². The summed E-state index contributed by atoms with van der Waals surface area (Å²) in [5, 5.41) is 0. The van der Waals surface area contributed by atoms with E-state index >= 15 is 0 Å². The number of methoxy groups -OCH3 is 2. The SMILES string of the molecule is COc1ccc(CN=C(N)N2CCOCC2)cc1OC.I. The second kappa shape index (κ2) is 8.93. The quantitative estimate of drug-likeness (QED) is 0.465. The second-order valence-electron chi connectivity index (χ2n) is 4.46. The van der Waals surface area contributed by atoms with Crippen LogP contribution in [0.4, 0.5) is 0 Å². The molecule has 0 bridgehead atoms. The van der Waals surface area contributed by atoms with E-state index in [1.165, 1.54) is 0 Å². The van der Waals surface area contributed by atoms with Crippen LogP contribution in [0, 0.1) is 0 Å². The van der Waals surface area contributed by atoms with Crippen molar-refractivity contribution in [1.82, 2.24) is 4.90 Å². The van der Waals surface area contributed by atoms with Crippen LogP contribution in [-0.4, -0.2) is 51.4 Å². The van der Waals surface area contributed by atoms with Gasteiger partial charge in [0.25, 0.3) is 0 Å². The van der Waals surface area contributed by atoms with E-state index < -0.39 is 0 Å². The number of hydrogen-bond acceptors (Lipinski definition) is 4. The molecule has 0 unspecified atom stereocenters. The third kappa shape index (κ3) is 4.92. The maximum absolute atomic E-state index is 5.99. The summed E-state index contributed by atoms with van der Waals surface area (Å²) >= 11 is 0. The lowest BCUT2D eigenvalue weighted by Gasteiger charge is -2.27. The van der Waals surface area contributed by atoms with Gasteiger partial charge in [0.05, 0.1) is 34.0 Å². The van der Waals surface area contributed by atoms with Gasteiger partial charge in [-0.05, 0) is 17.7 Å². The Hall–Kier alpha value is -1.22. The standard InChI is InChI=1S/C14H21N3O3.HI/c1-18-12-4-3-11(9-13(12)19-2)10-16-14(15)17-5-7-20-8-6-17;/h3-4,9H,5-8,10H2,1-2H3,(H2,15,16);1H. The predicted molar refractivity (Wildman–Crippen MR) is 92.7 cm³/mol. The molecule has 1 heterocycles. The van der Waals surface area contributed by atoms with E-state index in [2.05, 4.69) is 4.99 Å². The average molecular weight is 407 g/mol. The first kappa shape index (κ1) is 17.8. The maximum Gasteiger partial charge on any atom is 0.191 e. The van der Waals surface area contributed by atoms with Crippen molar-refractivity contribution in [1.29, 1.82) is 0 Å². The van der Waals surface area contributed by atoms with Crippen molar-refractivity contribution in [2.24, 2.45) is 10.7 Å². The first-order chi connectivity index (χ1) is 9.74. The number of benzene rings is 1. The van der Waals surface area contributed by atoms with Gasteiger partial charge in [0.15, 0.2) is 17.5 Å². The van der Waals surface area contributed by atoms with E-state index in [0.29, 0.717) is 37.2 Å². The Labute approximate surface area is 142 Å². The Morgan fingerprint density at radius 2 is 1.90 bits per heavy atom. The van der Waals surface area contributed by atoms with Gasteiger partial charge in [-0.3, -0.25) is 0 Å². The molecule has 2 N–H and O–H groups in total. The highest BCUT2D eigenvalue weighted by Gasteiger charge is 2.12. The van der Waals surface area contributed by atoms with E-state index in [1.54, 1.807) is 14.2 Å². The van der Waals surface area contributed by atoms with Crippen molar-refractivity contribution in [3.05, 3.63) is 23.8 Å². The molecule has 1 aliphatic rings. The van der Waals surface area contributed by atoms with Crippen molar-refractivity contribution in [3.8, 4) is 11.5 Å². The molecule has 2 rings (SSSR count). The third-order valence-corrected chi connectivity index (χ3v) is 3.21. The molecule has 1 saturated heterocycles. The molecule has 0 spiro atoms. The summed E-state index contributed by atoms with van der Waals surface area (Å²) in [4.78, 5) is 6.45. The fourth-order valence-corrected chi connectivity index (χ4v) is 2.04. The first-order valence-corrected chi connectivity index (χ1v) is 6.58. The van der Waals surface area contributed by atoms with Gasteiger partial charge in [-0.15, -0.1) is 24.0 Å². The fourth-order valence-electron chi connectivity index (χ4n) is 2.04. The van der Waals surface area contributed by atoms with Gasteiger partial charge in [0.1, 0.15) is 0 Å². The van der Waals surface area contributed by atoms with Crippen LogP contribution >= 0.6 is 24.0 Å². The monoisotopic (exact) mass is 407 g/mol. The maximum atomic E-state index is 5.99. The predicted octanol–water partition coefficient (Wildman–Crippen LogP) is 1.47. The molecular formula is C14H22IN3O3.